The standard InChI is InChI=1S/C32H18Cl4N4O7/c33-13-1-5-17(21(35)9-13)27(41)29-25(39-31(37)43)19-7-3-15(11-23(19)46-29)45-16-4-8-20-24(12-16)47-30(26(20)40-32(38)44)28(42)18-6-2-14(34)10-22(18)36/h1-12H,(H3,37,39,43)(H3,38,40,44). The molecule has 15 heteroatoms. The Bertz CT molecular complexity index is 2140. The summed E-state index contributed by atoms with van der Waals surface area (Å²) in [6.45, 7) is 0. The van der Waals surface area contributed by atoms with E-state index >= 15 is 0 Å². The molecule has 4 aromatic carbocycles. The second-order valence-corrected chi connectivity index (χ2v) is 11.6. The van der Waals surface area contributed by atoms with Crippen LogP contribution in [0.15, 0.2) is 81.6 Å². The SMILES string of the molecule is NC(=O)Nc1c(C(=O)c2ccc(Cl)cc2Cl)oc2cc(Oc3ccc4c(NC(N)=O)c(C(=O)c5ccc(Cl)cc5Cl)oc4c3)ccc12. The smallest absolute Gasteiger partial charge is 0.316 e. The lowest BCUT2D eigenvalue weighted by Gasteiger charge is -2.06. The molecule has 0 fully saturated rings. The maximum absolute atomic E-state index is 13.4. The first-order valence-electron chi connectivity index (χ1n) is 13.3. The normalized spacial score (nSPS) is 11.1. The van der Waals surface area contributed by atoms with E-state index in [0.717, 1.165) is 0 Å². The highest BCUT2D eigenvalue weighted by molar-refractivity contribution is 6.38. The van der Waals surface area contributed by atoms with Gasteiger partial charge in [-0.25, -0.2) is 9.59 Å². The predicted octanol–water partition coefficient (Wildman–Crippen LogP) is 9.03. The summed E-state index contributed by atoms with van der Waals surface area (Å²) in [6, 6.07) is 16.1. The lowest BCUT2D eigenvalue weighted by Crippen LogP contribution is -2.20. The molecule has 6 aromatic rings. The van der Waals surface area contributed by atoms with Crippen molar-refractivity contribution in [2.45, 2.75) is 0 Å². The van der Waals surface area contributed by atoms with Gasteiger partial charge in [-0.3, -0.25) is 9.59 Å². The van der Waals surface area contributed by atoms with Crippen LogP contribution in [-0.4, -0.2) is 23.6 Å². The quantitative estimate of drug-likeness (QED) is 0.114. The first-order valence-corrected chi connectivity index (χ1v) is 14.8. The van der Waals surface area contributed by atoms with Gasteiger partial charge in [-0.1, -0.05) is 46.4 Å². The predicted molar refractivity (Wildman–Crippen MR) is 179 cm³/mol. The first kappa shape index (κ1) is 31.8. The van der Waals surface area contributed by atoms with Gasteiger partial charge in [0, 0.05) is 44.1 Å². The summed E-state index contributed by atoms with van der Waals surface area (Å²) in [5, 5.41) is 6.41. The van der Waals surface area contributed by atoms with Gasteiger partial charge >= 0.3 is 12.1 Å². The van der Waals surface area contributed by atoms with Crippen molar-refractivity contribution in [1.29, 1.82) is 0 Å². The van der Waals surface area contributed by atoms with Gasteiger partial charge in [-0.2, -0.15) is 0 Å². The minimum atomic E-state index is -0.919. The van der Waals surface area contributed by atoms with Crippen molar-refractivity contribution < 1.29 is 32.7 Å². The number of ketones is 2. The Kier molecular flexibility index (Phi) is 8.47. The molecule has 6 rings (SSSR count). The lowest BCUT2D eigenvalue weighted by molar-refractivity contribution is 0.100. The number of carbonyl (C=O) groups excluding carboxylic acids is 4. The van der Waals surface area contributed by atoms with Gasteiger partial charge in [0.1, 0.15) is 34.0 Å². The van der Waals surface area contributed by atoms with E-state index in [1.165, 1.54) is 48.5 Å². The number of primary amides is 2. The Morgan fingerprint density at radius 3 is 1.34 bits per heavy atom. The Hall–Kier alpha value is -5.20. The van der Waals surface area contributed by atoms with Crippen molar-refractivity contribution in [3.8, 4) is 11.5 Å². The summed E-state index contributed by atoms with van der Waals surface area (Å²) in [6.07, 6.45) is 0. The fourth-order valence-electron chi connectivity index (χ4n) is 4.82. The highest BCUT2D eigenvalue weighted by atomic mass is 35.5. The molecule has 0 radical (unpaired) electrons. The molecule has 2 aromatic heterocycles. The van der Waals surface area contributed by atoms with Crippen LogP contribution >= 0.6 is 46.4 Å². The number of benzene rings is 4. The van der Waals surface area contributed by atoms with Crippen molar-refractivity contribution in [2.24, 2.45) is 11.5 Å². The second kappa shape index (κ2) is 12.5. The van der Waals surface area contributed by atoms with Crippen molar-refractivity contribution in [3.63, 3.8) is 0 Å². The fraction of sp³-hybridized carbons (Fsp3) is 0. The third-order valence-corrected chi connectivity index (χ3v) is 7.91. The number of ether oxygens (including phenoxy) is 1. The maximum Gasteiger partial charge on any atom is 0.316 e. The number of nitrogens with one attached hydrogen (secondary N) is 2. The van der Waals surface area contributed by atoms with Crippen LogP contribution in [0.3, 0.4) is 0 Å². The molecule has 236 valence electrons. The summed E-state index contributed by atoms with van der Waals surface area (Å²) in [5.74, 6) is -1.14. The fourth-order valence-corrected chi connectivity index (χ4v) is 5.81. The van der Waals surface area contributed by atoms with E-state index in [1.807, 2.05) is 0 Å². The molecular formula is C32H18Cl4N4O7. The van der Waals surface area contributed by atoms with E-state index in [9.17, 15) is 19.2 Å². The third-order valence-electron chi connectivity index (χ3n) is 6.82. The van der Waals surface area contributed by atoms with E-state index in [0.29, 0.717) is 20.8 Å². The second-order valence-electron chi connectivity index (χ2n) is 9.92. The van der Waals surface area contributed by atoms with E-state index in [1.54, 1.807) is 24.3 Å². The zero-order chi connectivity index (χ0) is 33.6. The molecule has 0 spiro atoms. The molecule has 0 atom stereocenters. The summed E-state index contributed by atoms with van der Waals surface area (Å²) in [7, 11) is 0. The number of fused-ring (bicyclic) bond motifs is 2. The van der Waals surface area contributed by atoms with Crippen molar-refractivity contribution in [1.82, 2.24) is 0 Å². The molecule has 0 aliphatic rings. The van der Waals surface area contributed by atoms with Crippen molar-refractivity contribution in [2.75, 3.05) is 10.6 Å². The molecule has 4 amide bonds. The molecule has 6 N–H and O–H groups in total. The number of amides is 4. The topological polar surface area (TPSA) is 180 Å². The van der Waals surface area contributed by atoms with Gasteiger partial charge in [0.05, 0.1) is 10.0 Å². The van der Waals surface area contributed by atoms with Gasteiger partial charge < -0.3 is 35.7 Å². The Morgan fingerprint density at radius 2 is 0.979 bits per heavy atom. The van der Waals surface area contributed by atoms with Gasteiger partial charge in [0.25, 0.3) is 0 Å². The number of nitrogens with two attached hydrogens (primary N) is 2. The summed E-state index contributed by atoms with van der Waals surface area (Å²) in [4.78, 5) is 50.4. The highest BCUT2D eigenvalue weighted by Crippen LogP contribution is 2.39. The molecule has 0 saturated carbocycles. The number of urea groups is 2. The Labute approximate surface area is 284 Å². The first-order chi connectivity index (χ1) is 22.4. The van der Waals surface area contributed by atoms with Crippen LogP contribution in [0.4, 0.5) is 21.0 Å². The van der Waals surface area contributed by atoms with Crippen molar-refractivity contribution >= 4 is 103 Å². The number of hydrogen-bond donors (Lipinski definition) is 4. The molecule has 11 nitrogen and oxygen atoms in total. The van der Waals surface area contributed by atoms with Gasteiger partial charge in [-0.15, -0.1) is 0 Å². The summed E-state index contributed by atoms with van der Waals surface area (Å²) < 4.78 is 17.8. The van der Waals surface area contributed by atoms with Crippen LogP contribution in [0, 0.1) is 0 Å². The number of hydrogen-bond acceptors (Lipinski definition) is 7. The molecule has 0 saturated heterocycles. The summed E-state index contributed by atoms with van der Waals surface area (Å²) in [5.41, 5.74) is 11.4. The molecule has 0 bridgehead atoms. The molecule has 47 heavy (non-hydrogen) atoms. The van der Waals surface area contributed by atoms with Crippen LogP contribution in [0.25, 0.3) is 21.9 Å². The van der Waals surface area contributed by atoms with Crippen LogP contribution < -0.4 is 26.8 Å². The monoisotopic (exact) mass is 710 g/mol. The Morgan fingerprint density at radius 1 is 0.574 bits per heavy atom. The maximum atomic E-state index is 13.4. The number of carbonyl (C=O) groups is 4. The van der Waals surface area contributed by atoms with E-state index in [4.69, 9.17) is 71.4 Å². The number of furan rings is 2. The molecular weight excluding hydrogens is 694 g/mol. The van der Waals surface area contributed by atoms with Crippen LogP contribution in [-0.2, 0) is 0 Å². The third kappa shape index (κ3) is 6.29. The summed E-state index contributed by atoms with van der Waals surface area (Å²) >= 11 is 24.4. The van der Waals surface area contributed by atoms with Crippen LogP contribution in [0.1, 0.15) is 32.2 Å². The van der Waals surface area contributed by atoms with Crippen LogP contribution in [0.5, 0.6) is 11.5 Å². The van der Waals surface area contributed by atoms with Crippen molar-refractivity contribution in [3.05, 3.63) is 116 Å². The molecule has 0 aliphatic carbocycles. The average molecular weight is 712 g/mol. The zero-order valence-corrected chi connectivity index (χ0v) is 26.5. The Balaban J connectivity index is 1.36. The largest absolute Gasteiger partial charge is 0.457 e. The van der Waals surface area contributed by atoms with Crippen LogP contribution in [0.2, 0.25) is 20.1 Å². The lowest BCUT2D eigenvalue weighted by atomic mass is 10.1. The highest BCUT2D eigenvalue weighted by Gasteiger charge is 2.27. The van der Waals surface area contributed by atoms with Gasteiger partial charge in [-0.05, 0) is 60.7 Å². The average Bonchev–Trinajstić information content (AvgIpc) is 3.53. The molecule has 0 unspecified atom stereocenters. The zero-order valence-electron chi connectivity index (χ0n) is 23.5. The minimum absolute atomic E-state index is 0.0412. The van der Waals surface area contributed by atoms with E-state index in [2.05, 4.69) is 10.6 Å². The van der Waals surface area contributed by atoms with Gasteiger partial charge in [0.2, 0.25) is 11.6 Å². The van der Waals surface area contributed by atoms with E-state index < -0.39 is 23.6 Å². The number of anilines is 2. The molecule has 2 heterocycles. The minimum Gasteiger partial charge on any atom is -0.457 e. The van der Waals surface area contributed by atoms with E-state index in [-0.39, 0.29) is 66.7 Å². The van der Waals surface area contributed by atoms with Gasteiger partial charge in [0.15, 0.2) is 11.5 Å². The number of rotatable bonds is 8. The number of halogens is 4. The molecule has 0 aliphatic heterocycles.